The number of hydrogen-bond acceptors (Lipinski definition) is 2. The summed E-state index contributed by atoms with van der Waals surface area (Å²) in [4.78, 5) is 14.9. The highest BCUT2D eigenvalue weighted by Gasteiger charge is 2.11. The molecule has 0 bridgehead atoms. The van der Waals surface area contributed by atoms with Crippen LogP contribution in [0.1, 0.15) is 0 Å². The second kappa shape index (κ2) is 4.07. The van der Waals surface area contributed by atoms with E-state index >= 15 is 0 Å². The fourth-order valence-corrected chi connectivity index (χ4v) is 2.11. The van der Waals surface area contributed by atoms with Crippen LogP contribution >= 0.6 is 0 Å². The lowest BCUT2D eigenvalue weighted by Crippen LogP contribution is -2.15. The third kappa shape index (κ3) is 1.50. The Balaban J connectivity index is 2.38. The van der Waals surface area contributed by atoms with E-state index < -0.39 is 0 Å². The van der Waals surface area contributed by atoms with E-state index in [1.54, 1.807) is 11.7 Å². The SMILES string of the molecule is COc1ccccc1-n1c(=O)[nH]c2ccccc21. The number of fused-ring (bicyclic) bond motifs is 1. The molecular formula is C14H12N2O2. The molecule has 0 spiro atoms. The van der Waals surface area contributed by atoms with Crippen molar-refractivity contribution in [3.8, 4) is 11.4 Å². The van der Waals surface area contributed by atoms with Crippen LogP contribution in [0.4, 0.5) is 0 Å². The van der Waals surface area contributed by atoms with Gasteiger partial charge in [-0.25, -0.2) is 4.79 Å². The van der Waals surface area contributed by atoms with Crippen molar-refractivity contribution in [2.45, 2.75) is 0 Å². The van der Waals surface area contributed by atoms with Crippen LogP contribution in [0, 0.1) is 0 Å². The lowest BCUT2D eigenvalue weighted by molar-refractivity contribution is 0.413. The van der Waals surface area contributed by atoms with Crippen LogP contribution in [0.2, 0.25) is 0 Å². The van der Waals surface area contributed by atoms with Gasteiger partial charge in [0.1, 0.15) is 5.75 Å². The highest BCUT2D eigenvalue weighted by molar-refractivity contribution is 5.77. The standard InChI is InChI=1S/C14H12N2O2/c1-18-13-9-5-4-8-12(13)16-11-7-3-2-6-10(11)15-14(16)17/h2-9H,1H3,(H,15,17). The molecule has 1 aromatic heterocycles. The van der Waals surface area contributed by atoms with E-state index in [-0.39, 0.29) is 5.69 Å². The summed E-state index contributed by atoms with van der Waals surface area (Å²) in [6, 6.07) is 15.0. The van der Waals surface area contributed by atoms with Gasteiger partial charge in [0.2, 0.25) is 0 Å². The number of aromatic amines is 1. The number of nitrogens with one attached hydrogen (secondary N) is 1. The van der Waals surface area contributed by atoms with Crippen LogP contribution in [0.25, 0.3) is 16.7 Å². The Bertz CT molecular complexity index is 756. The first-order valence-corrected chi connectivity index (χ1v) is 5.64. The number of rotatable bonds is 2. The minimum Gasteiger partial charge on any atom is -0.495 e. The van der Waals surface area contributed by atoms with Gasteiger partial charge in [0.25, 0.3) is 0 Å². The number of H-pyrrole nitrogens is 1. The molecule has 0 atom stereocenters. The average molecular weight is 240 g/mol. The predicted molar refractivity (Wildman–Crippen MR) is 70.4 cm³/mol. The third-order valence-electron chi connectivity index (χ3n) is 2.92. The zero-order valence-electron chi connectivity index (χ0n) is 9.88. The molecule has 0 fully saturated rings. The van der Waals surface area contributed by atoms with Gasteiger partial charge in [-0.05, 0) is 24.3 Å². The van der Waals surface area contributed by atoms with Gasteiger partial charge in [-0.3, -0.25) is 4.57 Å². The molecule has 0 saturated carbocycles. The molecule has 1 N–H and O–H groups in total. The first-order valence-electron chi connectivity index (χ1n) is 5.64. The van der Waals surface area contributed by atoms with Gasteiger partial charge in [-0.15, -0.1) is 0 Å². The zero-order chi connectivity index (χ0) is 12.5. The van der Waals surface area contributed by atoms with Gasteiger partial charge in [0.05, 0.1) is 23.8 Å². The number of aromatic nitrogens is 2. The van der Waals surface area contributed by atoms with Crippen molar-refractivity contribution >= 4 is 11.0 Å². The van der Waals surface area contributed by atoms with Crippen LogP contribution in [-0.4, -0.2) is 16.7 Å². The monoisotopic (exact) mass is 240 g/mol. The summed E-state index contributed by atoms with van der Waals surface area (Å²) >= 11 is 0. The lowest BCUT2D eigenvalue weighted by Gasteiger charge is -2.08. The van der Waals surface area contributed by atoms with Crippen LogP contribution < -0.4 is 10.4 Å². The van der Waals surface area contributed by atoms with E-state index in [2.05, 4.69) is 4.98 Å². The quantitative estimate of drug-likeness (QED) is 0.747. The number of methoxy groups -OCH3 is 1. The largest absolute Gasteiger partial charge is 0.495 e. The van der Waals surface area contributed by atoms with Gasteiger partial charge >= 0.3 is 5.69 Å². The Hall–Kier alpha value is -2.49. The number of nitrogens with zero attached hydrogens (tertiary/aromatic N) is 1. The van der Waals surface area contributed by atoms with E-state index in [1.165, 1.54) is 0 Å². The van der Waals surface area contributed by atoms with Gasteiger partial charge < -0.3 is 9.72 Å². The summed E-state index contributed by atoms with van der Waals surface area (Å²) < 4.78 is 6.92. The maximum atomic E-state index is 12.1. The number of para-hydroxylation sites is 4. The summed E-state index contributed by atoms with van der Waals surface area (Å²) in [5, 5.41) is 0. The van der Waals surface area contributed by atoms with Gasteiger partial charge in [-0.2, -0.15) is 0 Å². The summed E-state index contributed by atoms with van der Waals surface area (Å²) in [5.74, 6) is 0.671. The van der Waals surface area contributed by atoms with E-state index in [0.717, 1.165) is 16.7 Å². The van der Waals surface area contributed by atoms with Crippen molar-refractivity contribution < 1.29 is 4.74 Å². The number of benzene rings is 2. The molecule has 0 radical (unpaired) electrons. The minimum atomic E-state index is -0.166. The predicted octanol–water partition coefficient (Wildman–Crippen LogP) is 2.33. The number of imidazole rings is 1. The first-order chi connectivity index (χ1) is 8.81. The second-order valence-electron chi connectivity index (χ2n) is 3.95. The maximum absolute atomic E-state index is 12.1. The van der Waals surface area contributed by atoms with Gasteiger partial charge in [-0.1, -0.05) is 24.3 Å². The Morgan fingerprint density at radius 3 is 2.61 bits per heavy atom. The van der Waals surface area contributed by atoms with E-state index in [4.69, 9.17) is 4.74 Å². The summed E-state index contributed by atoms with van der Waals surface area (Å²) in [6.07, 6.45) is 0. The third-order valence-corrected chi connectivity index (χ3v) is 2.92. The highest BCUT2D eigenvalue weighted by Crippen LogP contribution is 2.23. The normalized spacial score (nSPS) is 10.7. The van der Waals surface area contributed by atoms with Crippen LogP contribution in [0.15, 0.2) is 53.3 Å². The highest BCUT2D eigenvalue weighted by atomic mass is 16.5. The molecule has 90 valence electrons. The molecule has 0 aliphatic carbocycles. The van der Waals surface area contributed by atoms with Crippen molar-refractivity contribution in [1.82, 2.24) is 9.55 Å². The molecular weight excluding hydrogens is 228 g/mol. The smallest absolute Gasteiger partial charge is 0.331 e. The molecule has 1 heterocycles. The molecule has 3 aromatic rings. The Kier molecular flexibility index (Phi) is 2.41. The van der Waals surface area contributed by atoms with E-state index in [0.29, 0.717) is 5.75 Å². The Labute approximate surface area is 103 Å². The first kappa shape index (κ1) is 10.7. The molecule has 0 unspecified atom stereocenters. The molecule has 0 saturated heterocycles. The van der Waals surface area contributed by atoms with Crippen LogP contribution in [0.5, 0.6) is 5.75 Å². The topological polar surface area (TPSA) is 47.0 Å². The van der Waals surface area contributed by atoms with Crippen molar-refractivity contribution in [2.75, 3.05) is 7.11 Å². The molecule has 0 amide bonds. The average Bonchev–Trinajstić information content (AvgIpc) is 2.74. The molecule has 4 nitrogen and oxygen atoms in total. The Morgan fingerprint density at radius 1 is 1.06 bits per heavy atom. The van der Waals surface area contributed by atoms with Crippen molar-refractivity contribution in [3.63, 3.8) is 0 Å². The van der Waals surface area contributed by atoms with Crippen molar-refractivity contribution in [3.05, 3.63) is 59.0 Å². The number of hydrogen-bond donors (Lipinski definition) is 1. The maximum Gasteiger partial charge on any atom is 0.331 e. The molecule has 0 aliphatic rings. The van der Waals surface area contributed by atoms with Crippen LogP contribution in [0.3, 0.4) is 0 Å². The minimum absolute atomic E-state index is 0.166. The van der Waals surface area contributed by atoms with Crippen LogP contribution in [-0.2, 0) is 0 Å². The van der Waals surface area contributed by atoms with E-state index in [1.807, 2.05) is 48.5 Å². The molecule has 3 rings (SSSR count). The second-order valence-corrected chi connectivity index (χ2v) is 3.95. The molecule has 18 heavy (non-hydrogen) atoms. The van der Waals surface area contributed by atoms with Crippen molar-refractivity contribution in [2.24, 2.45) is 0 Å². The van der Waals surface area contributed by atoms with Crippen molar-refractivity contribution in [1.29, 1.82) is 0 Å². The molecule has 0 aliphatic heterocycles. The zero-order valence-corrected chi connectivity index (χ0v) is 9.88. The van der Waals surface area contributed by atoms with Gasteiger partial charge in [0.15, 0.2) is 0 Å². The molecule has 4 heteroatoms. The summed E-state index contributed by atoms with van der Waals surface area (Å²) in [6.45, 7) is 0. The van der Waals surface area contributed by atoms with E-state index in [9.17, 15) is 4.79 Å². The fraction of sp³-hybridized carbons (Fsp3) is 0.0714. The summed E-state index contributed by atoms with van der Waals surface area (Å²) in [7, 11) is 1.60. The van der Waals surface area contributed by atoms with Gasteiger partial charge in [0, 0.05) is 0 Å². The molecule has 2 aromatic carbocycles. The number of ether oxygens (including phenoxy) is 1. The Morgan fingerprint density at radius 2 is 1.78 bits per heavy atom. The summed E-state index contributed by atoms with van der Waals surface area (Å²) in [5.41, 5.74) is 2.23. The lowest BCUT2D eigenvalue weighted by atomic mass is 10.2. The fourth-order valence-electron chi connectivity index (χ4n) is 2.11.